The molecule has 0 saturated heterocycles. The molecule has 0 aliphatic rings. The minimum atomic E-state index is -0.182. The van der Waals surface area contributed by atoms with Gasteiger partial charge in [0.15, 0.2) is 5.13 Å². The minimum absolute atomic E-state index is 0.0484. The van der Waals surface area contributed by atoms with E-state index in [0.29, 0.717) is 5.13 Å². The van der Waals surface area contributed by atoms with Crippen LogP contribution in [-0.4, -0.2) is 24.6 Å². The van der Waals surface area contributed by atoms with E-state index in [9.17, 15) is 4.79 Å². The lowest BCUT2D eigenvalue weighted by molar-refractivity contribution is -0.119. The van der Waals surface area contributed by atoms with Crippen LogP contribution in [0.15, 0.2) is 30.5 Å². The Kier molecular flexibility index (Phi) is 4.65. The van der Waals surface area contributed by atoms with Crippen LogP contribution in [-0.2, 0) is 16.0 Å². The van der Waals surface area contributed by atoms with Crippen molar-refractivity contribution in [1.29, 1.82) is 0 Å². The van der Waals surface area contributed by atoms with Crippen molar-refractivity contribution in [3.63, 3.8) is 0 Å². The minimum Gasteiger partial charge on any atom is -0.375 e. The Bertz CT molecular complexity index is 566. The highest BCUT2D eigenvalue weighted by molar-refractivity contribution is 7.15. The third-order valence-electron chi connectivity index (χ3n) is 2.54. The molecule has 4 nitrogen and oxygen atoms in total. The maximum atomic E-state index is 11.4. The number of ether oxygens (including phenoxy) is 1. The van der Waals surface area contributed by atoms with Crippen LogP contribution in [0.1, 0.15) is 16.0 Å². The first-order valence-corrected chi connectivity index (χ1v) is 6.78. The standard InChI is InChI=1S/C14H16N2O2S/c1-10-4-3-5-11(6-10)7-12-8-15-14(19-12)16-13(17)9-18-2/h3-6,8H,7,9H2,1-2H3,(H,15,16,17). The number of amides is 1. The van der Waals surface area contributed by atoms with Gasteiger partial charge < -0.3 is 4.74 Å². The SMILES string of the molecule is COCC(=O)Nc1ncc(Cc2cccc(C)c2)s1. The fourth-order valence-corrected chi connectivity index (χ4v) is 2.62. The van der Waals surface area contributed by atoms with Gasteiger partial charge in [0, 0.05) is 24.6 Å². The van der Waals surface area contributed by atoms with Gasteiger partial charge in [0.2, 0.25) is 0 Å². The Labute approximate surface area is 116 Å². The number of anilines is 1. The second kappa shape index (κ2) is 6.45. The topological polar surface area (TPSA) is 51.2 Å². The molecule has 2 aromatic rings. The lowest BCUT2D eigenvalue weighted by Gasteiger charge is -2.00. The van der Waals surface area contributed by atoms with Crippen molar-refractivity contribution >= 4 is 22.4 Å². The summed E-state index contributed by atoms with van der Waals surface area (Å²) in [7, 11) is 1.49. The molecule has 100 valence electrons. The van der Waals surface area contributed by atoms with Crippen LogP contribution in [0.4, 0.5) is 5.13 Å². The van der Waals surface area contributed by atoms with E-state index in [1.165, 1.54) is 29.6 Å². The molecule has 1 heterocycles. The lowest BCUT2D eigenvalue weighted by atomic mass is 10.1. The zero-order valence-corrected chi connectivity index (χ0v) is 11.8. The Morgan fingerprint density at radius 3 is 3.05 bits per heavy atom. The highest BCUT2D eigenvalue weighted by Gasteiger charge is 2.06. The number of methoxy groups -OCH3 is 1. The van der Waals surface area contributed by atoms with Gasteiger partial charge in [0.25, 0.3) is 5.91 Å². The smallest absolute Gasteiger partial charge is 0.252 e. The van der Waals surface area contributed by atoms with Gasteiger partial charge in [0.05, 0.1) is 0 Å². The molecule has 5 heteroatoms. The number of hydrogen-bond acceptors (Lipinski definition) is 4. The van der Waals surface area contributed by atoms with E-state index in [0.717, 1.165) is 11.3 Å². The number of nitrogens with one attached hydrogen (secondary N) is 1. The first-order chi connectivity index (χ1) is 9.17. The van der Waals surface area contributed by atoms with Crippen molar-refractivity contribution in [2.75, 3.05) is 19.0 Å². The van der Waals surface area contributed by atoms with Gasteiger partial charge in [-0.3, -0.25) is 10.1 Å². The summed E-state index contributed by atoms with van der Waals surface area (Å²) in [5.74, 6) is -0.182. The highest BCUT2D eigenvalue weighted by atomic mass is 32.1. The number of hydrogen-bond donors (Lipinski definition) is 1. The second-order valence-electron chi connectivity index (χ2n) is 4.28. The average molecular weight is 276 g/mol. The second-order valence-corrected chi connectivity index (χ2v) is 5.39. The van der Waals surface area contributed by atoms with Crippen molar-refractivity contribution in [2.24, 2.45) is 0 Å². The van der Waals surface area contributed by atoms with Crippen molar-refractivity contribution in [2.45, 2.75) is 13.3 Å². The van der Waals surface area contributed by atoms with Crippen LogP contribution >= 0.6 is 11.3 Å². The first kappa shape index (κ1) is 13.7. The maximum absolute atomic E-state index is 11.4. The molecule has 0 aliphatic heterocycles. The van der Waals surface area contributed by atoms with E-state index < -0.39 is 0 Å². The highest BCUT2D eigenvalue weighted by Crippen LogP contribution is 2.21. The molecule has 0 bridgehead atoms. The van der Waals surface area contributed by atoms with Crippen molar-refractivity contribution in [3.05, 3.63) is 46.5 Å². The van der Waals surface area contributed by atoms with Crippen LogP contribution in [0.2, 0.25) is 0 Å². The molecule has 0 atom stereocenters. The van der Waals surface area contributed by atoms with E-state index in [4.69, 9.17) is 4.74 Å². The Balaban J connectivity index is 1.99. The van der Waals surface area contributed by atoms with E-state index in [1.807, 2.05) is 6.07 Å². The maximum Gasteiger partial charge on any atom is 0.252 e. The summed E-state index contributed by atoms with van der Waals surface area (Å²) in [6, 6.07) is 8.37. The zero-order chi connectivity index (χ0) is 13.7. The Hall–Kier alpha value is -1.72. The van der Waals surface area contributed by atoms with Crippen molar-refractivity contribution < 1.29 is 9.53 Å². The number of rotatable bonds is 5. The first-order valence-electron chi connectivity index (χ1n) is 5.96. The number of carbonyl (C=O) groups excluding carboxylic acids is 1. The normalized spacial score (nSPS) is 10.4. The molecule has 1 aromatic carbocycles. The third-order valence-corrected chi connectivity index (χ3v) is 3.45. The van der Waals surface area contributed by atoms with Crippen molar-refractivity contribution in [3.8, 4) is 0 Å². The molecule has 1 N–H and O–H groups in total. The Morgan fingerprint density at radius 2 is 2.32 bits per heavy atom. The van der Waals surface area contributed by atoms with Gasteiger partial charge in [-0.25, -0.2) is 4.98 Å². The summed E-state index contributed by atoms with van der Waals surface area (Å²) in [6.45, 7) is 2.12. The van der Waals surface area contributed by atoms with Gasteiger partial charge in [-0.15, -0.1) is 11.3 Å². The molecule has 0 radical (unpaired) electrons. The molecule has 0 unspecified atom stereocenters. The van der Waals surface area contributed by atoms with Gasteiger partial charge in [-0.1, -0.05) is 29.8 Å². The number of carbonyl (C=O) groups is 1. The van der Waals surface area contributed by atoms with E-state index in [-0.39, 0.29) is 12.5 Å². The average Bonchev–Trinajstić information content (AvgIpc) is 2.76. The van der Waals surface area contributed by atoms with Crippen LogP contribution in [0.25, 0.3) is 0 Å². The molecule has 0 spiro atoms. The predicted molar refractivity (Wildman–Crippen MR) is 76.6 cm³/mol. The largest absolute Gasteiger partial charge is 0.375 e. The van der Waals surface area contributed by atoms with Gasteiger partial charge in [-0.2, -0.15) is 0 Å². The molecular formula is C14H16N2O2S. The molecule has 19 heavy (non-hydrogen) atoms. The molecule has 2 rings (SSSR count). The van der Waals surface area contributed by atoms with Gasteiger partial charge >= 0.3 is 0 Å². The molecule has 0 fully saturated rings. The zero-order valence-electron chi connectivity index (χ0n) is 11.0. The summed E-state index contributed by atoms with van der Waals surface area (Å²) in [5, 5.41) is 3.32. The van der Waals surface area contributed by atoms with Crippen LogP contribution in [0.5, 0.6) is 0 Å². The molecule has 1 amide bonds. The van der Waals surface area contributed by atoms with E-state index in [1.54, 1.807) is 6.20 Å². The van der Waals surface area contributed by atoms with Crippen LogP contribution < -0.4 is 5.32 Å². The van der Waals surface area contributed by atoms with Gasteiger partial charge in [-0.05, 0) is 12.5 Å². The summed E-state index contributed by atoms with van der Waals surface area (Å²) in [6.07, 6.45) is 2.63. The van der Waals surface area contributed by atoms with Crippen LogP contribution in [0, 0.1) is 6.92 Å². The number of nitrogens with zero attached hydrogens (tertiary/aromatic N) is 1. The monoisotopic (exact) mass is 276 g/mol. The fourth-order valence-electron chi connectivity index (χ4n) is 1.76. The summed E-state index contributed by atoms with van der Waals surface area (Å²) < 4.78 is 4.76. The third kappa shape index (κ3) is 4.15. The molecule has 0 saturated carbocycles. The van der Waals surface area contributed by atoms with E-state index in [2.05, 4.69) is 35.4 Å². The summed E-state index contributed by atoms with van der Waals surface area (Å²) >= 11 is 1.49. The quantitative estimate of drug-likeness (QED) is 0.913. The van der Waals surface area contributed by atoms with Crippen molar-refractivity contribution in [1.82, 2.24) is 4.98 Å². The molecule has 0 aliphatic carbocycles. The number of aryl methyl sites for hydroxylation is 1. The molecule has 1 aromatic heterocycles. The summed E-state index contributed by atoms with van der Waals surface area (Å²) in [4.78, 5) is 16.7. The van der Waals surface area contributed by atoms with E-state index >= 15 is 0 Å². The lowest BCUT2D eigenvalue weighted by Crippen LogP contribution is -2.16. The number of thiazole rings is 1. The van der Waals surface area contributed by atoms with Crippen LogP contribution in [0.3, 0.4) is 0 Å². The van der Waals surface area contributed by atoms with Gasteiger partial charge in [0.1, 0.15) is 6.61 Å². The predicted octanol–water partition coefficient (Wildman–Crippen LogP) is 2.63. The number of benzene rings is 1. The Morgan fingerprint density at radius 1 is 1.47 bits per heavy atom. The molecular weight excluding hydrogens is 260 g/mol. The summed E-state index contributed by atoms with van der Waals surface area (Å²) in [5.41, 5.74) is 2.49. The fraction of sp³-hybridized carbons (Fsp3) is 0.286. The number of aromatic nitrogens is 1.